The lowest BCUT2D eigenvalue weighted by Crippen LogP contribution is -2.24. The molecule has 1 aliphatic rings. The standard InChI is InChI=1S/C15H21F3N2/c1-2-19-14(9-11-5-3-4-6-11)13-8-7-12(10-20-13)15(16,17)18/h7-8,10-11,14,19H,2-6,9H2,1H3. The molecule has 1 saturated carbocycles. The predicted octanol–water partition coefficient (Wildman–Crippen LogP) is 4.33. The number of hydrogen-bond acceptors (Lipinski definition) is 2. The Morgan fingerprint density at radius 2 is 2.00 bits per heavy atom. The van der Waals surface area contributed by atoms with Crippen molar-refractivity contribution in [2.24, 2.45) is 5.92 Å². The monoisotopic (exact) mass is 286 g/mol. The van der Waals surface area contributed by atoms with Gasteiger partial charge in [0.05, 0.1) is 11.3 Å². The summed E-state index contributed by atoms with van der Waals surface area (Å²) in [7, 11) is 0. The Kier molecular flexibility index (Phi) is 5.02. The van der Waals surface area contributed by atoms with E-state index >= 15 is 0 Å². The minimum atomic E-state index is -4.31. The number of hydrogen-bond donors (Lipinski definition) is 1. The predicted molar refractivity (Wildman–Crippen MR) is 72.2 cm³/mol. The van der Waals surface area contributed by atoms with Gasteiger partial charge in [0.15, 0.2) is 0 Å². The van der Waals surface area contributed by atoms with Gasteiger partial charge in [-0.2, -0.15) is 13.2 Å². The molecule has 0 amide bonds. The van der Waals surface area contributed by atoms with Crippen molar-refractivity contribution < 1.29 is 13.2 Å². The highest BCUT2D eigenvalue weighted by Crippen LogP contribution is 2.33. The van der Waals surface area contributed by atoms with Crippen LogP contribution in [0.5, 0.6) is 0 Å². The lowest BCUT2D eigenvalue weighted by atomic mass is 9.96. The first-order chi connectivity index (χ1) is 9.50. The first-order valence-electron chi connectivity index (χ1n) is 7.27. The van der Waals surface area contributed by atoms with Crippen LogP contribution >= 0.6 is 0 Å². The molecule has 2 nitrogen and oxygen atoms in total. The van der Waals surface area contributed by atoms with Gasteiger partial charge in [0.2, 0.25) is 0 Å². The van der Waals surface area contributed by atoms with E-state index in [2.05, 4.69) is 10.3 Å². The summed E-state index contributed by atoms with van der Waals surface area (Å²) in [4.78, 5) is 4.02. The number of halogens is 3. The van der Waals surface area contributed by atoms with Crippen LogP contribution in [0.3, 0.4) is 0 Å². The highest BCUT2D eigenvalue weighted by molar-refractivity contribution is 5.19. The summed E-state index contributed by atoms with van der Waals surface area (Å²) in [6.07, 6.45) is 2.57. The second-order valence-corrected chi connectivity index (χ2v) is 5.47. The van der Waals surface area contributed by atoms with Gasteiger partial charge in [0, 0.05) is 12.2 Å². The average Bonchev–Trinajstić information content (AvgIpc) is 2.90. The SMILES string of the molecule is CCNC(CC1CCCC1)c1ccc(C(F)(F)F)cn1. The molecule has 1 aromatic heterocycles. The van der Waals surface area contributed by atoms with Gasteiger partial charge >= 0.3 is 6.18 Å². The molecule has 2 rings (SSSR count). The molecule has 1 aromatic rings. The quantitative estimate of drug-likeness (QED) is 0.871. The minimum absolute atomic E-state index is 0.0605. The first kappa shape index (κ1) is 15.3. The van der Waals surface area contributed by atoms with Crippen LogP contribution in [0.2, 0.25) is 0 Å². The van der Waals surface area contributed by atoms with Gasteiger partial charge < -0.3 is 5.32 Å². The van der Waals surface area contributed by atoms with E-state index < -0.39 is 11.7 Å². The molecular weight excluding hydrogens is 265 g/mol. The van der Waals surface area contributed by atoms with Gasteiger partial charge in [-0.1, -0.05) is 32.6 Å². The van der Waals surface area contributed by atoms with E-state index in [1.807, 2.05) is 6.92 Å². The minimum Gasteiger partial charge on any atom is -0.309 e. The van der Waals surface area contributed by atoms with E-state index in [-0.39, 0.29) is 6.04 Å². The third-order valence-corrected chi connectivity index (χ3v) is 3.97. The number of nitrogens with zero attached hydrogens (tertiary/aromatic N) is 1. The molecule has 112 valence electrons. The zero-order chi connectivity index (χ0) is 14.6. The lowest BCUT2D eigenvalue weighted by Gasteiger charge is -2.21. The zero-order valence-electron chi connectivity index (χ0n) is 11.7. The summed E-state index contributed by atoms with van der Waals surface area (Å²) < 4.78 is 37.6. The normalized spacial score (nSPS) is 18.4. The molecular formula is C15H21F3N2. The van der Waals surface area contributed by atoms with Crippen LogP contribution in [0.4, 0.5) is 13.2 Å². The Morgan fingerprint density at radius 1 is 1.30 bits per heavy atom. The molecule has 0 aliphatic heterocycles. The van der Waals surface area contributed by atoms with E-state index in [0.717, 1.165) is 25.2 Å². The van der Waals surface area contributed by atoms with Crippen LogP contribution in [-0.4, -0.2) is 11.5 Å². The molecule has 1 unspecified atom stereocenters. The van der Waals surface area contributed by atoms with E-state index in [4.69, 9.17) is 0 Å². The highest BCUT2D eigenvalue weighted by Gasteiger charge is 2.31. The first-order valence-corrected chi connectivity index (χ1v) is 7.27. The van der Waals surface area contributed by atoms with Gasteiger partial charge in [-0.05, 0) is 31.0 Å². The second-order valence-electron chi connectivity index (χ2n) is 5.47. The van der Waals surface area contributed by atoms with Crippen molar-refractivity contribution in [1.29, 1.82) is 0 Å². The van der Waals surface area contributed by atoms with Gasteiger partial charge in [0.1, 0.15) is 0 Å². The molecule has 0 saturated heterocycles. The summed E-state index contributed by atoms with van der Waals surface area (Å²) >= 11 is 0. The van der Waals surface area contributed by atoms with Crippen LogP contribution in [0.15, 0.2) is 18.3 Å². The van der Waals surface area contributed by atoms with Crippen molar-refractivity contribution >= 4 is 0 Å². The Balaban J connectivity index is 2.08. The number of nitrogens with one attached hydrogen (secondary N) is 1. The van der Waals surface area contributed by atoms with E-state index in [0.29, 0.717) is 11.6 Å². The fourth-order valence-electron chi connectivity index (χ4n) is 2.91. The number of alkyl halides is 3. The Morgan fingerprint density at radius 3 is 2.50 bits per heavy atom. The van der Waals surface area contributed by atoms with Gasteiger partial charge in [0.25, 0.3) is 0 Å². The van der Waals surface area contributed by atoms with Crippen LogP contribution < -0.4 is 5.32 Å². The Labute approximate surface area is 117 Å². The topological polar surface area (TPSA) is 24.9 Å². The molecule has 0 radical (unpaired) electrons. The van der Waals surface area contributed by atoms with Gasteiger partial charge in [-0.15, -0.1) is 0 Å². The maximum atomic E-state index is 12.5. The van der Waals surface area contributed by atoms with Crippen molar-refractivity contribution in [1.82, 2.24) is 10.3 Å². The molecule has 0 aromatic carbocycles. The summed E-state index contributed by atoms with van der Waals surface area (Å²) in [6.45, 7) is 2.80. The zero-order valence-corrected chi connectivity index (χ0v) is 11.7. The maximum Gasteiger partial charge on any atom is 0.417 e. The van der Waals surface area contributed by atoms with Crippen molar-refractivity contribution in [3.63, 3.8) is 0 Å². The third kappa shape index (κ3) is 3.95. The second kappa shape index (κ2) is 6.57. The lowest BCUT2D eigenvalue weighted by molar-refractivity contribution is -0.137. The number of aromatic nitrogens is 1. The van der Waals surface area contributed by atoms with Crippen LogP contribution in [0.25, 0.3) is 0 Å². The van der Waals surface area contributed by atoms with Crippen molar-refractivity contribution in [3.8, 4) is 0 Å². The van der Waals surface area contributed by atoms with Gasteiger partial charge in [-0.25, -0.2) is 0 Å². The summed E-state index contributed by atoms with van der Waals surface area (Å²) in [6, 6.07) is 2.69. The van der Waals surface area contributed by atoms with Crippen LogP contribution in [0, 0.1) is 5.92 Å². The highest BCUT2D eigenvalue weighted by atomic mass is 19.4. The maximum absolute atomic E-state index is 12.5. The molecule has 1 fully saturated rings. The Hall–Kier alpha value is -1.10. The fraction of sp³-hybridized carbons (Fsp3) is 0.667. The van der Waals surface area contributed by atoms with Gasteiger partial charge in [-0.3, -0.25) is 4.98 Å². The van der Waals surface area contributed by atoms with E-state index in [9.17, 15) is 13.2 Å². The molecule has 1 atom stereocenters. The van der Waals surface area contributed by atoms with Crippen molar-refractivity contribution in [2.75, 3.05) is 6.54 Å². The molecule has 0 spiro atoms. The van der Waals surface area contributed by atoms with E-state index in [1.54, 1.807) is 0 Å². The van der Waals surface area contributed by atoms with Crippen molar-refractivity contribution in [2.45, 2.75) is 51.2 Å². The molecule has 1 N–H and O–H groups in total. The third-order valence-electron chi connectivity index (χ3n) is 3.97. The van der Waals surface area contributed by atoms with Crippen molar-refractivity contribution in [3.05, 3.63) is 29.6 Å². The molecule has 1 heterocycles. The largest absolute Gasteiger partial charge is 0.417 e. The summed E-state index contributed by atoms with van der Waals surface area (Å²) in [5.41, 5.74) is 0.0316. The number of pyridine rings is 1. The average molecular weight is 286 g/mol. The van der Waals surface area contributed by atoms with Crippen LogP contribution in [-0.2, 0) is 6.18 Å². The molecule has 20 heavy (non-hydrogen) atoms. The van der Waals surface area contributed by atoms with Crippen LogP contribution in [0.1, 0.15) is 56.3 Å². The molecule has 0 bridgehead atoms. The Bertz CT molecular complexity index is 408. The smallest absolute Gasteiger partial charge is 0.309 e. The summed E-state index contributed by atoms with van der Waals surface area (Å²) in [5, 5.41) is 3.34. The molecule has 1 aliphatic carbocycles. The summed E-state index contributed by atoms with van der Waals surface area (Å²) in [5.74, 6) is 0.670. The fourth-order valence-corrected chi connectivity index (χ4v) is 2.91. The van der Waals surface area contributed by atoms with E-state index in [1.165, 1.54) is 31.7 Å². The number of rotatable bonds is 5. The molecule has 5 heteroatoms.